The topological polar surface area (TPSA) is 123 Å². The van der Waals surface area contributed by atoms with Gasteiger partial charge in [0.05, 0.1) is 10.7 Å². The number of nitrogens with zero attached hydrogens (tertiary/aromatic N) is 1. The summed E-state index contributed by atoms with van der Waals surface area (Å²) in [4.78, 5) is 39.0. The maximum absolute atomic E-state index is 12.0. The van der Waals surface area contributed by atoms with Crippen molar-refractivity contribution in [3.8, 4) is 0 Å². The number of amides is 2. The Labute approximate surface area is 159 Å². The highest BCUT2D eigenvalue weighted by atomic mass is 35.5. The smallest absolute Gasteiger partial charge is 0.359 e. The van der Waals surface area contributed by atoms with Crippen molar-refractivity contribution in [1.29, 1.82) is 0 Å². The molecule has 138 valence electrons. The zero-order chi connectivity index (χ0) is 19.1. The number of nitrogen functional groups attached to an aromatic ring is 1. The Morgan fingerprint density at radius 1 is 1.24 bits per heavy atom. The van der Waals surface area contributed by atoms with E-state index in [1.54, 1.807) is 0 Å². The molecule has 1 heterocycles. The maximum atomic E-state index is 12.0. The Balaban J connectivity index is 2.62. The number of hydrogen-bond acceptors (Lipinski definition) is 6. The van der Waals surface area contributed by atoms with Crippen LogP contribution in [0.15, 0.2) is 0 Å². The third-order valence-electron chi connectivity index (χ3n) is 2.92. The molecule has 0 radical (unpaired) electrons. The SMILES string of the molecule is CCCNC(=O)[C@@H](C)NC(=O)COC(=O)c1nc(Cl)c(Cl)c(N)c1Cl. The van der Waals surface area contributed by atoms with Crippen molar-refractivity contribution in [2.75, 3.05) is 18.9 Å². The number of hydrogen-bond donors (Lipinski definition) is 3. The molecule has 0 bridgehead atoms. The summed E-state index contributed by atoms with van der Waals surface area (Å²) in [6.07, 6.45) is 0.768. The minimum Gasteiger partial charge on any atom is -0.451 e. The third kappa shape index (κ3) is 5.91. The summed E-state index contributed by atoms with van der Waals surface area (Å²) in [5, 5.41) is 4.47. The summed E-state index contributed by atoms with van der Waals surface area (Å²) in [5.74, 6) is -2.02. The standard InChI is InChI=1S/C14H17Cl3N4O4/c1-3-4-19-13(23)6(2)20-7(22)5-25-14(24)11-8(15)10(18)9(16)12(17)21-11/h6H,3-5H2,1-2H3,(H2,18,21)(H,19,23)(H,20,22)/t6-/m1/s1. The molecule has 0 spiro atoms. The van der Waals surface area contributed by atoms with Gasteiger partial charge in [-0.05, 0) is 13.3 Å². The van der Waals surface area contributed by atoms with Crippen molar-refractivity contribution >= 4 is 58.3 Å². The first-order valence-electron chi connectivity index (χ1n) is 7.23. The van der Waals surface area contributed by atoms with Gasteiger partial charge in [-0.15, -0.1) is 0 Å². The number of esters is 1. The van der Waals surface area contributed by atoms with Gasteiger partial charge >= 0.3 is 5.97 Å². The van der Waals surface area contributed by atoms with Crippen LogP contribution in [0.4, 0.5) is 5.69 Å². The second-order valence-electron chi connectivity index (χ2n) is 4.95. The Hall–Kier alpha value is -1.77. The summed E-state index contributed by atoms with van der Waals surface area (Å²) < 4.78 is 4.80. The zero-order valence-corrected chi connectivity index (χ0v) is 15.8. The van der Waals surface area contributed by atoms with E-state index in [9.17, 15) is 14.4 Å². The predicted octanol–water partition coefficient (Wildman–Crippen LogP) is 1.81. The lowest BCUT2D eigenvalue weighted by atomic mass is 10.3. The molecule has 1 atom stereocenters. The maximum Gasteiger partial charge on any atom is 0.359 e. The number of nitrogens with two attached hydrogens (primary N) is 1. The lowest BCUT2D eigenvalue weighted by molar-refractivity contribution is -0.130. The number of anilines is 1. The molecule has 0 saturated heterocycles. The molecule has 0 unspecified atom stereocenters. The molecule has 0 aliphatic heterocycles. The van der Waals surface area contributed by atoms with Crippen LogP contribution in [0.5, 0.6) is 0 Å². The van der Waals surface area contributed by atoms with Gasteiger partial charge in [0.15, 0.2) is 17.5 Å². The van der Waals surface area contributed by atoms with Crippen LogP contribution in [-0.4, -0.2) is 42.0 Å². The predicted molar refractivity (Wildman–Crippen MR) is 94.9 cm³/mol. The lowest BCUT2D eigenvalue weighted by Crippen LogP contribution is -2.46. The number of pyridine rings is 1. The number of aromatic nitrogens is 1. The van der Waals surface area contributed by atoms with Crippen LogP contribution in [0.1, 0.15) is 30.8 Å². The van der Waals surface area contributed by atoms with E-state index in [-0.39, 0.29) is 32.5 Å². The second-order valence-corrected chi connectivity index (χ2v) is 6.06. The lowest BCUT2D eigenvalue weighted by Gasteiger charge is -2.14. The van der Waals surface area contributed by atoms with Crippen LogP contribution in [0.2, 0.25) is 15.2 Å². The first-order valence-corrected chi connectivity index (χ1v) is 8.36. The first-order chi connectivity index (χ1) is 11.7. The molecular weight excluding hydrogens is 395 g/mol. The number of carbonyl (C=O) groups excluding carboxylic acids is 3. The van der Waals surface area contributed by atoms with E-state index in [0.717, 1.165) is 6.42 Å². The number of ether oxygens (including phenoxy) is 1. The van der Waals surface area contributed by atoms with Crippen LogP contribution < -0.4 is 16.4 Å². The molecule has 1 aromatic rings. The Morgan fingerprint density at radius 3 is 2.48 bits per heavy atom. The largest absolute Gasteiger partial charge is 0.451 e. The van der Waals surface area contributed by atoms with E-state index in [0.29, 0.717) is 6.54 Å². The molecule has 0 fully saturated rings. The van der Waals surface area contributed by atoms with Gasteiger partial charge in [0.2, 0.25) is 5.91 Å². The summed E-state index contributed by atoms with van der Waals surface area (Å²) in [6, 6.07) is -0.778. The fourth-order valence-electron chi connectivity index (χ4n) is 1.62. The average molecular weight is 412 g/mol. The van der Waals surface area contributed by atoms with E-state index in [4.69, 9.17) is 45.3 Å². The van der Waals surface area contributed by atoms with Crippen LogP contribution in [0, 0.1) is 0 Å². The van der Waals surface area contributed by atoms with Gasteiger partial charge in [-0.3, -0.25) is 9.59 Å². The monoisotopic (exact) mass is 410 g/mol. The van der Waals surface area contributed by atoms with Crippen molar-refractivity contribution in [1.82, 2.24) is 15.6 Å². The fraction of sp³-hybridized carbons (Fsp3) is 0.429. The van der Waals surface area contributed by atoms with Gasteiger partial charge in [0, 0.05) is 6.54 Å². The summed E-state index contributed by atoms with van der Waals surface area (Å²) in [5.41, 5.74) is 5.11. The average Bonchev–Trinajstić information content (AvgIpc) is 2.58. The highest BCUT2D eigenvalue weighted by Gasteiger charge is 2.22. The van der Waals surface area contributed by atoms with Crippen molar-refractivity contribution in [2.45, 2.75) is 26.3 Å². The first kappa shape index (κ1) is 21.3. The highest BCUT2D eigenvalue weighted by Crippen LogP contribution is 2.34. The quantitative estimate of drug-likeness (QED) is 0.464. The van der Waals surface area contributed by atoms with Crippen molar-refractivity contribution in [3.05, 3.63) is 20.9 Å². The van der Waals surface area contributed by atoms with Gasteiger partial charge in [-0.1, -0.05) is 41.7 Å². The zero-order valence-electron chi connectivity index (χ0n) is 13.5. The van der Waals surface area contributed by atoms with Gasteiger partial charge in [0.25, 0.3) is 5.91 Å². The summed E-state index contributed by atoms with van der Waals surface area (Å²) in [7, 11) is 0. The fourth-order valence-corrected chi connectivity index (χ4v) is 2.20. The van der Waals surface area contributed by atoms with Crippen molar-refractivity contribution in [3.63, 3.8) is 0 Å². The van der Waals surface area contributed by atoms with E-state index < -0.39 is 24.5 Å². The van der Waals surface area contributed by atoms with Crippen molar-refractivity contribution in [2.24, 2.45) is 0 Å². The molecule has 1 rings (SSSR count). The summed E-state index contributed by atoms with van der Waals surface area (Å²) >= 11 is 17.4. The molecular formula is C14H17Cl3N4O4. The van der Waals surface area contributed by atoms with E-state index >= 15 is 0 Å². The number of rotatable bonds is 7. The Morgan fingerprint density at radius 2 is 1.88 bits per heavy atom. The second kappa shape index (κ2) is 9.65. The van der Waals surface area contributed by atoms with Gasteiger partial charge < -0.3 is 21.1 Å². The van der Waals surface area contributed by atoms with E-state index in [2.05, 4.69) is 15.6 Å². The van der Waals surface area contributed by atoms with Crippen LogP contribution in [0.25, 0.3) is 0 Å². The van der Waals surface area contributed by atoms with Gasteiger partial charge in [0.1, 0.15) is 11.1 Å². The molecule has 8 nitrogen and oxygen atoms in total. The van der Waals surface area contributed by atoms with Gasteiger partial charge in [-0.25, -0.2) is 9.78 Å². The number of carbonyl (C=O) groups is 3. The molecule has 25 heavy (non-hydrogen) atoms. The molecule has 11 heteroatoms. The van der Waals surface area contributed by atoms with Crippen LogP contribution in [0.3, 0.4) is 0 Å². The summed E-state index contributed by atoms with van der Waals surface area (Å²) in [6.45, 7) is 3.26. The van der Waals surface area contributed by atoms with Crippen LogP contribution in [-0.2, 0) is 14.3 Å². The molecule has 1 aromatic heterocycles. The van der Waals surface area contributed by atoms with Crippen molar-refractivity contribution < 1.29 is 19.1 Å². The third-order valence-corrected chi connectivity index (χ3v) is 4.06. The minimum absolute atomic E-state index is 0.0899. The number of nitrogens with one attached hydrogen (secondary N) is 2. The molecule has 4 N–H and O–H groups in total. The normalized spacial score (nSPS) is 11.6. The van der Waals surface area contributed by atoms with Gasteiger partial charge in [-0.2, -0.15) is 0 Å². The molecule has 0 aliphatic carbocycles. The Bertz CT molecular complexity index is 685. The molecule has 2 amide bonds. The molecule has 0 aromatic carbocycles. The minimum atomic E-state index is -1.01. The molecule has 0 aliphatic rings. The highest BCUT2D eigenvalue weighted by molar-refractivity contribution is 6.46. The number of halogens is 3. The van der Waals surface area contributed by atoms with E-state index in [1.165, 1.54) is 6.92 Å². The van der Waals surface area contributed by atoms with E-state index in [1.807, 2.05) is 6.92 Å². The molecule has 0 saturated carbocycles. The van der Waals surface area contributed by atoms with Crippen LogP contribution >= 0.6 is 34.8 Å². The Kier molecular flexibility index (Phi) is 8.21.